The molecule has 1 fully saturated rings. The maximum absolute atomic E-state index is 12.9. The van der Waals surface area contributed by atoms with E-state index in [2.05, 4.69) is 73.9 Å². The Balaban J connectivity index is 1.47. The smallest absolute Gasteiger partial charge is 0.247 e. The van der Waals surface area contributed by atoms with Crippen molar-refractivity contribution in [1.29, 1.82) is 0 Å². The second-order valence-corrected chi connectivity index (χ2v) is 9.37. The number of hydrogen-bond acceptors (Lipinski definition) is 3. The summed E-state index contributed by atoms with van der Waals surface area (Å²) in [5.41, 5.74) is 7.82. The van der Waals surface area contributed by atoms with Crippen LogP contribution in [0.3, 0.4) is 0 Å². The van der Waals surface area contributed by atoms with E-state index < -0.39 is 0 Å². The van der Waals surface area contributed by atoms with Crippen molar-refractivity contribution in [3.05, 3.63) is 82.8 Å². The summed E-state index contributed by atoms with van der Waals surface area (Å²) in [6.45, 7) is 6.99. The minimum absolute atomic E-state index is 0.0909. The molecule has 4 nitrogen and oxygen atoms in total. The number of hydrogen-bond donors (Lipinski definition) is 2. The van der Waals surface area contributed by atoms with Gasteiger partial charge in [0, 0.05) is 17.3 Å². The van der Waals surface area contributed by atoms with Gasteiger partial charge in [0.1, 0.15) is 5.76 Å². The molecule has 0 unspecified atom stereocenters. The summed E-state index contributed by atoms with van der Waals surface area (Å²) in [5.74, 6) is 1.01. The van der Waals surface area contributed by atoms with Crippen LogP contribution in [-0.4, -0.2) is 11.9 Å². The Morgan fingerprint density at radius 2 is 1.79 bits per heavy atom. The van der Waals surface area contributed by atoms with E-state index in [0.29, 0.717) is 12.6 Å². The molecule has 2 aromatic carbocycles. The summed E-state index contributed by atoms with van der Waals surface area (Å²) < 4.78 is 5.38. The molecule has 0 bridgehead atoms. The van der Waals surface area contributed by atoms with Gasteiger partial charge in [-0.3, -0.25) is 4.79 Å². The second-order valence-electron chi connectivity index (χ2n) is 9.37. The minimum atomic E-state index is 0.0909. The first-order valence-electron chi connectivity index (χ1n) is 12.5. The van der Waals surface area contributed by atoms with Crippen LogP contribution in [-0.2, 0) is 11.3 Å². The lowest BCUT2D eigenvalue weighted by atomic mass is 9.93. The van der Waals surface area contributed by atoms with Crippen LogP contribution in [0.1, 0.15) is 67.9 Å². The fourth-order valence-electron chi connectivity index (χ4n) is 4.72. The van der Waals surface area contributed by atoms with Crippen LogP contribution < -0.4 is 10.6 Å². The Kier molecular flexibility index (Phi) is 7.89. The maximum Gasteiger partial charge on any atom is 0.247 e. The lowest BCUT2D eigenvalue weighted by Gasteiger charge is -2.23. The first-order chi connectivity index (χ1) is 16.5. The molecule has 1 aliphatic carbocycles. The van der Waals surface area contributed by atoms with Crippen molar-refractivity contribution in [3.63, 3.8) is 0 Å². The fraction of sp³-hybridized carbons (Fsp3) is 0.367. The fourth-order valence-corrected chi connectivity index (χ4v) is 4.72. The molecule has 1 aromatic heterocycles. The van der Waals surface area contributed by atoms with E-state index in [1.54, 1.807) is 6.26 Å². The third-order valence-corrected chi connectivity index (χ3v) is 6.80. The highest BCUT2D eigenvalue weighted by atomic mass is 16.3. The van der Waals surface area contributed by atoms with Crippen molar-refractivity contribution in [2.45, 2.75) is 71.9 Å². The number of furan rings is 1. The number of rotatable bonds is 8. The topological polar surface area (TPSA) is 54.3 Å². The molecule has 0 radical (unpaired) electrons. The number of nitrogens with one attached hydrogen (secondary N) is 2. The zero-order valence-electron chi connectivity index (χ0n) is 20.6. The Morgan fingerprint density at radius 1 is 1.03 bits per heavy atom. The van der Waals surface area contributed by atoms with Gasteiger partial charge in [-0.2, -0.15) is 0 Å². The summed E-state index contributed by atoms with van der Waals surface area (Å²) >= 11 is 0. The molecule has 34 heavy (non-hydrogen) atoms. The minimum Gasteiger partial charge on any atom is -0.467 e. The van der Waals surface area contributed by atoms with Crippen LogP contribution in [0.4, 0.5) is 5.69 Å². The van der Waals surface area contributed by atoms with E-state index in [0.717, 1.165) is 41.8 Å². The van der Waals surface area contributed by atoms with Crippen LogP contribution in [0.15, 0.2) is 64.8 Å². The lowest BCUT2D eigenvalue weighted by Crippen LogP contribution is -2.36. The summed E-state index contributed by atoms with van der Waals surface area (Å²) in [6, 6.07) is 17.1. The number of benzene rings is 2. The van der Waals surface area contributed by atoms with Gasteiger partial charge in [0.15, 0.2) is 0 Å². The highest BCUT2D eigenvalue weighted by Crippen LogP contribution is 2.29. The van der Waals surface area contributed by atoms with E-state index in [4.69, 9.17) is 4.42 Å². The average Bonchev–Trinajstić information content (AvgIpc) is 3.38. The SMILES string of the molecule is CC/C(=C\c1cc(C)c(-c2ccc(NCc3ccco3)cc2)cc1C)C(=O)NC1CCCCC1. The molecule has 0 aliphatic heterocycles. The Hall–Kier alpha value is -3.27. The van der Waals surface area contributed by atoms with E-state index in [9.17, 15) is 4.79 Å². The van der Waals surface area contributed by atoms with E-state index in [1.165, 1.54) is 41.5 Å². The van der Waals surface area contributed by atoms with E-state index in [1.807, 2.05) is 12.1 Å². The number of amides is 1. The molecule has 1 heterocycles. The lowest BCUT2D eigenvalue weighted by molar-refractivity contribution is -0.118. The van der Waals surface area contributed by atoms with Gasteiger partial charge in [0.25, 0.3) is 0 Å². The van der Waals surface area contributed by atoms with Crippen molar-refractivity contribution in [2.75, 3.05) is 5.32 Å². The maximum atomic E-state index is 12.9. The molecule has 4 rings (SSSR count). The average molecular weight is 457 g/mol. The summed E-state index contributed by atoms with van der Waals surface area (Å²) in [4.78, 5) is 12.9. The predicted molar refractivity (Wildman–Crippen MR) is 141 cm³/mol. The summed E-state index contributed by atoms with van der Waals surface area (Å²) in [6.07, 6.45) is 10.4. The van der Waals surface area contributed by atoms with Crippen LogP contribution in [0.2, 0.25) is 0 Å². The quantitative estimate of drug-likeness (QED) is 0.347. The number of carbonyl (C=O) groups excluding carboxylic acids is 1. The van der Waals surface area contributed by atoms with Gasteiger partial charge in [0.05, 0.1) is 12.8 Å². The summed E-state index contributed by atoms with van der Waals surface area (Å²) in [7, 11) is 0. The highest BCUT2D eigenvalue weighted by molar-refractivity contribution is 5.98. The molecule has 1 saturated carbocycles. The number of anilines is 1. The van der Waals surface area contributed by atoms with Crippen molar-refractivity contribution in [3.8, 4) is 11.1 Å². The molecule has 4 heteroatoms. The third kappa shape index (κ3) is 5.99. The largest absolute Gasteiger partial charge is 0.467 e. The highest BCUT2D eigenvalue weighted by Gasteiger charge is 2.18. The van der Waals surface area contributed by atoms with E-state index in [-0.39, 0.29) is 5.91 Å². The molecular weight excluding hydrogens is 420 g/mol. The Morgan fingerprint density at radius 3 is 2.47 bits per heavy atom. The van der Waals surface area contributed by atoms with Gasteiger partial charge in [-0.05, 0) is 91.3 Å². The van der Waals surface area contributed by atoms with Crippen LogP contribution >= 0.6 is 0 Å². The normalized spacial score (nSPS) is 14.7. The molecule has 0 atom stereocenters. The van der Waals surface area contributed by atoms with Crippen molar-refractivity contribution < 1.29 is 9.21 Å². The van der Waals surface area contributed by atoms with Crippen LogP contribution in [0.25, 0.3) is 17.2 Å². The zero-order valence-corrected chi connectivity index (χ0v) is 20.6. The van der Waals surface area contributed by atoms with Crippen molar-refractivity contribution in [1.82, 2.24) is 5.32 Å². The van der Waals surface area contributed by atoms with Gasteiger partial charge >= 0.3 is 0 Å². The molecule has 1 aliphatic rings. The monoisotopic (exact) mass is 456 g/mol. The first kappa shape index (κ1) is 23.9. The first-order valence-corrected chi connectivity index (χ1v) is 12.5. The Labute approximate surface area is 203 Å². The van der Waals surface area contributed by atoms with Gasteiger partial charge in [-0.25, -0.2) is 0 Å². The standard InChI is InChI=1S/C30H36N2O2/c1-4-23(30(33)32-27-9-6-5-7-10-27)19-25-17-22(3)29(18-21(25)2)24-12-14-26(15-13-24)31-20-28-11-8-16-34-28/h8,11-19,27,31H,4-7,9-10,20H2,1-3H3,(H,32,33)/b23-19+. The molecule has 3 aromatic rings. The van der Waals surface area contributed by atoms with Gasteiger partial charge in [-0.15, -0.1) is 0 Å². The van der Waals surface area contributed by atoms with E-state index >= 15 is 0 Å². The number of aryl methyl sites for hydroxylation is 2. The molecular formula is C30H36N2O2. The molecule has 1 amide bonds. The third-order valence-electron chi connectivity index (χ3n) is 6.80. The molecule has 2 N–H and O–H groups in total. The van der Waals surface area contributed by atoms with Gasteiger partial charge < -0.3 is 15.1 Å². The van der Waals surface area contributed by atoms with Gasteiger partial charge in [-0.1, -0.05) is 50.5 Å². The molecule has 0 saturated heterocycles. The summed E-state index contributed by atoms with van der Waals surface area (Å²) in [5, 5.41) is 6.66. The number of carbonyl (C=O) groups is 1. The molecule has 178 valence electrons. The van der Waals surface area contributed by atoms with Crippen molar-refractivity contribution >= 4 is 17.7 Å². The Bertz CT molecular complexity index is 1120. The van der Waals surface area contributed by atoms with Crippen LogP contribution in [0, 0.1) is 13.8 Å². The molecule has 0 spiro atoms. The second kappa shape index (κ2) is 11.2. The zero-order chi connectivity index (χ0) is 23.9. The predicted octanol–water partition coefficient (Wildman–Crippen LogP) is 7.42. The van der Waals surface area contributed by atoms with Gasteiger partial charge in [0.2, 0.25) is 5.91 Å². The van der Waals surface area contributed by atoms with Crippen LogP contribution in [0.5, 0.6) is 0 Å². The van der Waals surface area contributed by atoms with Crippen molar-refractivity contribution in [2.24, 2.45) is 0 Å².